The zero-order valence-electron chi connectivity index (χ0n) is 13.4. The molecule has 0 amide bonds. The topological polar surface area (TPSA) is 21.3 Å². The normalized spacial score (nSPS) is 22.7. The van der Waals surface area contributed by atoms with Crippen LogP contribution in [0.5, 0.6) is 0 Å². The van der Waals surface area contributed by atoms with Crippen molar-refractivity contribution in [1.82, 2.24) is 5.32 Å². The highest BCUT2D eigenvalue weighted by molar-refractivity contribution is 5.19. The van der Waals surface area contributed by atoms with Crippen molar-refractivity contribution in [2.24, 2.45) is 11.3 Å². The zero-order valence-corrected chi connectivity index (χ0v) is 13.4. The van der Waals surface area contributed by atoms with Crippen LogP contribution in [0, 0.1) is 11.3 Å². The summed E-state index contributed by atoms with van der Waals surface area (Å²) < 4.78 is 5.53. The van der Waals surface area contributed by atoms with E-state index in [2.05, 4.69) is 63.3 Å². The van der Waals surface area contributed by atoms with Crippen LogP contribution >= 0.6 is 0 Å². The maximum absolute atomic E-state index is 5.53. The SMILES string of the molecule is CC(NC(CC(C)(C)C)c1ccccc1)C1CCOC1. The van der Waals surface area contributed by atoms with Crippen LogP contribution in [0.15, 0.2) is 30.3 Å². The molecular formula is C18H29NO. The summed E-state index contributed by atoms with van der Waals surface area (Å²) in [7, 11) is 0. The van der Waals surface area contributed by atoms with Crippen LogP contribution in [0.4, 0.5) is 0 Å². The first kappa shape index (κ1) is 15.5. The number of rotatable bonds is 5. The van der Waals surface area contributed by atoms with Gasteiger partial charge in [-0.1, -0.05) is 51.1 Å². The minimum Gasteiger partial charge on any atom is -0.381 e. The molecule has 1 N–H and O–H groups in total. The molecule has 0 aliphatic carbocycles. The number of hydrogen-bond acceptors (Lipinski definition) is 2. The van der Waals surface area contributed by atoms with Crippen LogP contribution in [-0.4, -0.2) is 19.3 Å². The van der Waals surface area contributed by atoms with Gasteiger partial charge in [0.2, 0.25) is 0 Å². The van der Waals surface area contributed by atoms with Crippen molar-refractivity contribution in [3.63, 3.8) is 0 Å². The van der Waals surface area contributed by atoms with E-state index in [9.17, 15) is 0 Å². The molecule has 3 unspecified atom stereocenters. The summed E-state index contributed by atoms with van der Waals surface area (Å²) in [4.78, 5) is 0. The Balaban J connectivity index is 2.06. The molecule has 2 rings (SSSR count). The molecule has 1 heterocycles. The largest absolute Gasteiger partial charge is 0.381 e. The van der Waals surface area contributed by atoms with Crippen LogP contribution in [0.25, 0.3) is 0 Å². The Morgan fingerprint density at radius 1 is 1.25 bits per heavy atom. The summed E-state index contributed by atoms with van der Waals surface area (Å²) in [6, 6.07) is 11.8. The maximum atomic E-state index is 5.53. The predicted octanol–water partition coefficient (Wildman–Crippen LogP) is 4.18. The second-order valence-corrected chi connectivity index (χ2v) is 7.31. The lowest BCUT2D eigenvalue weighted by Gasteiger charge is -2.31. The Morgan fingerprint density at radius 2 is 1.95 bits per heavy atom. The number of ether oxygens (including phenoxy) is 1. The first-order valence-corrected chi connectivity index (χ1v) is 7.84. The van der Waals surface area contributed by atoms with Gasteiger partial charge in [0.05, 0.1) is 6.61 Å². The van der Waals surface area contributed by atoms with Gasteiger partial charge in [-0.2, -0.15) is 0 Å². The van der Waals surface area contributed by atoms with Crippen LogP contribution in [0.3, 0.4) is 0 Å². The molecule has 1 aromatic rings. The van der Waals surface area contributed by atoms with E-state index in [1.54, 1.807) is 0 Å². The Morgan fingerprint density at radius 3 is 2.50 bits per heavy atom. The van der Waals surface area contributed by atoms with Gasteiger partial charge in [-0.05, 0) is 36.7 Å². The summed E-state index contributed by atoms with van der Waals surface area (Å²) in [5, 5.41) is 3.85. The summed E-state index contributed by atoms with van der Waals surface area (Å²) in [5.74, 6) is 0.654. The van der Waals surface area contributed by atoms with E-state index in [0.29, 0.717) is 23.4 Å². The zero-order chi connectivity index (χ0) is 14.6. The van der Waals surface area contributed by atoms with Crippen molar-refractivity contribution in [3.8, 4) is 0 Å². The van der Waals surface area contributed by atoms with Gasteiger partial charge in [-0.3, -0.25) is 0 Å². The maximum Gasteiger partial charge on any atom is 0.0509 e. The van der Waals surface area contributed by atoms with Crippen molar-refractivity contribution >= 4 is 0 Å². The monoisotopic (exact) mass is 275 g/mol. The van der Waals surface area contributed by atoms with E-state index in [-0.39, 0.29) is 0 Å². The fourth-order valence-corrected chi connectivity index (χ4v) is 2.97. The van der Waals surface area contributed by atoms with Crippen LogP contribution in [0.1, 0.15) is 52.1 Å². The van der Waals surface area contributed by atoms with Gasteiger partial charge in [0.1, 0.15) is 0 Å². The van der Waals surface area contributed by atoms with E-state index in [1.165, 1.54) is 12.0 Å². The molecule has 112 valence electrons. The minimum absolute atomic E-state index is 0.319. The first-order valence-electron chi connectivity index (χ1n) is 7.84. The van der Waals surface area contributed by atoms with Gasteiger partial charge >= 0.3 is 0 Å². The Hall–Kier alpha value is -0.860. The van der Waals surface area contributed by atoms with Crippen LogP contribution in [-0.2, 0) is 4.74 Å². The Kier molecular flexibility index (Phi) is 5.22. The molecule has 0 saturated carbocycles. The summed E-state index contributed by atoms with van der Waals surface area (Å²) >= 11 is 0. The van der Waals surface area contributed by atoms with Crippen molar-refractivity contribution in [2.75, 3.05) is 13.2 Å². The van der Waals surface area contributed by atoms with Gasteiger partial charge in [0.25, 0.3) is 0 Å². The van der Waals surface area contributed by atoms with E-state index < -0.39 is 0 Å². The average Bonchev–Trinajstić information content (AvgIpc) is 2.91. The van der Waals surface area contributed by atoms with Crippen molar-refractivity contribution < 1.29 is 4.74 Å². The molecule has 1 aliphatic rings. The first-order chi connectivity index (χ1) is 9.46. The smallest absolute Gasteiger partial charge is 0.0509 e. The van der Waals surface area contributed by atoms with E-state index >= 15 is 0 Å². The van der Waals surface area contributed by atoms with E-state index in [0.717, 1.165) is 19.6 Å². The molecule has 3 atom stereocenters. The second-order valence-electron chi connectivity index (χ2n) is 7.31. The number of nitrogens with one attached hydrogen (secondary N) is 1. The molecule has 0 bridgehead atoms. The molecule has 20 heavy (non-hydrogen) atoms. The van der Waals surface area contributed by atoms with E-state index in [1.807, 2.05) is 0 Å². The van der Waals surface area contributed by atoms with Crippen LogP contribution in [0.2, 0.25) is 0 Å². The highest BCUT2D eigenvalue weighted by Gasteiger charge is 2.27. The molecule has 0 aromatic heterocycles. The van der Waals surface area contributed by atoms with Crippen molar-refractivity contribution in [3.05, 3.63) is 35.9 Å². The van der Waals surface area contributed by atoms with Crippen molar-refractivity contribution in [2.45, 2.75) is 52.6 Å². The molecule has 0 radical (unpaired) electrons. The predicted molar refractivity (Wildman–Crippen MR) is 84.8 cm³/mol. The fourth-order valence-electron chi connectivity index (χ4n) is 2.97. The third-order valence-corrected chi connectivity index (χ3v) is 4.15. The van der Waals surface area contributed by atoms with Gasteiger partial charge < -0.3 is 10.1 Å². The molecule has 2 nitrogen and oxygen atoms in total. The Bertz CT molecular complexity index is 390. The third kappa shape index (κ3) is 4.60. The third-order valence-electron chi connectivity index (χ3n) is 4.15. The highest BCUT2D eigenvalue weighted by atomic mass is 16.5. The lowest BCUT2D eigenvalue weighted by atomic mass is 9.84. The van der Waals surface area contributed by atoms with Crippen LogP contribution < -0.4 is 5.32 Å². The second kappa shape index (κ2) is 6.73. The lowest BCUT2D eigenvalue weighted by molar-refractivity contribution is 0.174. The quantitative estimate of drug-likeness (QED) is 0.870. The molecule has 1 aromatic carbocycles. The molecule has 2 heteroatoms. The summed E-state index contributed by atoms with van der Waals surface area (Å²) in [6.07, 6.45) is 2.33. The molecular weight excluding hydrogens is 246 g/mol. The van der Waals surface area contributed by atoms with Gasteiger partial charge in [-0.25, -0.2) is 0 Å². The van der Waals surface area contributed by atoms with Crippen molar-refractivity contribution in [1.29, 1.82) is 0 Å². The summed E-state index contributed by atoms with van der Waals surface area (Å²) in [6.45, 7) is 11.1. The summed E-state index contributed by atoms with van der Waals surface area (Å²) in [5.41, 5.74) is 1.72. The molecule has 0 spiro atoms. The minimum atomic E-state index is 0.319. The van der Waals surface area contributed by atoms with Gasteiger partial charge in [0.15, 0.2) is 0 Å². The standard InChI is InChI=1S/C18H29NO/c1-14(16-10-11-20-13-16)19-17(12-18(2,3)4)15-8-6-5-7-9-15/h5-9,14,16-17,19H,10-13H2,1-4H3. The van der Waals surface area contributed by atoms with E-state index in [4.69, 9.17) is 4.74 Å². The Labute approximate surface area is 123 Å². The lowest BCUT2D eigenvalue weighted by Crippen LogP contribution is -2.38. The molecule has 1 fully saturated rings. The molecule has 1 aliphatic heterocycles. The molecule has 1 saturated heterocycles. The fraction of sp³-hybridized carbons (Fsp3) is 0.667. The van der Waals surface area contributed by atoms with Gasteiger partial charge in [-0.15, -0.1) is 0 Å². The van der Waals surface area contributed by atoms with Gasteiger partial charge in [0, 0.05) is 18.7 Å². The number of hydrogen-bond donors (Lipinski definition) is 1. The highest BCUT2D eigenvalue weighted by Crippen LogP contribution is 2.31. The number of benzene rings is 1. The average molecular weight is 275 g/mol.